The lowest BCUT2D eigenvalue weighted by Crippen LogP contribution is -2.00. The monoisotopic (exact) mass is 365 g/mol. The van der Waals surface area contributed by atoms with Crippen molar-refractivity contribution in [1.82, 2.24) is 24.7 Å². The molecule has 0 N–H and O–H groups in total. The third-order valence-corrected chi connectivity index (χ3v) is 4.32. The first-order chi connectivity index (χ1) is 13.9. The molecule has 5 aromatic rings. The van der Waals surface area contributed by atoms with Gasteiger partial charge < -0.3 is 4.74 Å². The van der Waals surface area contributed by atoms with Gasteiger partial charge in [0.2, 0.25) is 0 Å². The summed E-state index contributed by atoms with van der Waals surface area (Å²) in [5, 5.41) is 5.62. The Morgan fingerprint density at radius 1 is 0.750 bits per heavy atom. The molecule has 0 bridgehead atoms. The topological polar surface area (TPSA) is 65.7 Å². The molecule has 3 heterocycles. The van der Waals surface area contributed by atoms with E-state index >= 15 is 0 Å². The number of benzene rings is 2. The fourth-order valence-corrected chi connectivity index (χ4v) is 3.02. The van der Waals surface area contributed by atoms with Crippen molar-refractivity contribution in [2.75, 3.05) is 0 Å². The van der Waals surface area contributed by atoms with Crippen LogP contribution in [0.4, 0.5) is 0 Å². The first-order valence-electron chi connectivity index (χ1n) is 8.82. The lowest BCUT2D eigenvalue weighted by atomic mass is 10.1. The second-order valence-electron chi connectivity index (χ2n) is 6.15. The largest absolute Gasteiger partial charge is 0.457 e. The lowest BCUT2D eigenvalue weighted by molar-refractivity contribution is 0.483. The molecule has 0 saturated carbocycles. The summed E-state index contributed by atoms with van der Waals surface area (Å²) in [6, 6.07) is 23.2. The van der Waals surface area contributed by atoms with Gasteiger partial charge in [0.25, 0.3) is 0 Å². The molecule has 0 fully saturated rings. The molecule has 0 aliphatic carbocycles. The van der Waals surface area contributed by atoms with Crippen molar-refractivity contribution in [3.05, 3.63) is 91.5 Å². The highest BCUT2D eigenvalue weighted by Gasteiger charge is 2.15. The van der Waals surface area contributed by atoms with Crippen LogP contribution in [-0.2, 0) is 0 Å². The van der Waals surface area contributed by atoms with Crippen LogP contribution in [-0.4, -0.2) is 24.7 Å². The molecular weight excluding hydrogens is 350 g/mol. The summed E-state index contributed by atoms with van der Waals surface area (Å²) in [7, 11) is 0. The van der Waals surface area contributed by atoms with Gasteiger partial charge in [0.1, 0.15) is 23.5 Å². The molecule has 0 atom stereocenters. The normalized spacial score (nSPS) is 10.9. The zero-order valence-corrected chi connectivity index (χ0v) is 14.8. The summed E-state index contributed by atoms with van der Waals surface area (Å²) in [5.74, 6) is 2.27. The molecule has 2 aromatic carbocycles. The molecule has 6 heteroatoms. The van der Waals surface area contributed by atoms with Gasteiger partial charge in [-0.15, -0.1) is 0 Å². The Kier molecular flexibility index (Phi) is 3.99. The maximum absolute atomic E-state index is 5.87. The van der Waals surface area contributed by atoms with Crippen LogP contribution in [0.1, 0.15) is 0 Å². The van der Waals surface area contributed by atoms with Gasteiger partial charge in [-0.1, -0.05) is 24.3 Å². The van der Waals surface area contributed by atoms with Crippen LogP contribution < -0.4 is 4.74 Å². The third kappa shape index (κ3) is 2.97. The number of ether oxygens (including phenoxy) is 1. The molecule has 28 heavy (non-hydrogen) atoms. The summed E-state index contributed by atoms with van der Waals surface area (Å²) in [6.45, 7) is 0. The number of para-hydroxylation sites is 1. The molecule has 0 aliphatic heterocycles. The molecule has 0 radical (unpaired) electrons. The highest BCUT2D eigenvalue weighted by molar-refractivity contribution is 5.91. The summed E-state index contributed by atoms with van der Waals surface area (Å²) in [5.41, 5.74) is 2.47. The van der Waals surface area contributed by atoms with E-state index in [2.05, 4.69) is 15.0 Å². The Bertz CT molecular complexity index is 1220. The average molecular weight is 365 g/mol. The first kappa shape index (κ1) is 16.1. The highest BCUT2D eigenvalue weighted by atomic mass is 16.5. The molecule has 0 amide bonds. The molecule has 0 unspecified atom stereocenters. The Morgan fingerprint density at radius 2 is 1.54 bits per heavy atom. The van der Waals surface area contributed by atoms with E-state index in [0.29, 0.717) is 11.5 Å². The van der Waals surface area contributed by atoms with Crippen LogP contribution in [0.2, 0.25) is 0 Å². The van der Waals surface area contributed by atoms with Crippen LogP contribution in [0.5, 0.6) is 11.5 Å². The molecule has 6 nitrogen and oxygen atoms in total. The average Bonchev–Trinajstić information content (AvgIpc) is 3.15. The molecular formula is C22H15N5O. The van der Waals surface area contributed by atoms with Crippen LogP contribution >= 0.6 is 0 Å². The van der Waals surface area contributed by atoms with Gasteiger partial charge in [-0.2, -0.15) is 9.78 Å². The van der Waals surface area contributed by atoms with Crippen molar-refractivity contribution in [2.24, 2.45) is 0 Å². The minimum atomic E-state index is 0.710. The summed E-state index contributed by atoms with van der Waals surface area (Å²) in [6.07, 6.45) is 5.03. The van der Waals surface area contributed by atoms with E-state index in [1.807, 2.05) is 72.8 Å². The molecule has 3 aromatic heterocycles. The number of hydrogen-bond acceptors (Lipinski definition) is 5. The molecule has 0 spiro atoms. The lowest BCUT2D eigenvalue weighted by Gasteiger charge is -2.06. The van der Waals surface area contributed by atoms with Gasteiger partial charge in [0.05, 0.1) is 5.39 Å². The van der Waals surface area contributed by atoms with Crippen molar-refractivity contribution < 1.29 is 4.74 Å². The smallest absolute Gasteiger partial charge is 0.168 e. The quantitative estimate of drug-likeness (QED) is 0.463. The first-order valence-corrected chi connectivity index (χ1v) is 8.82. The van der Waals surface area contributed by atoms with Gasteiger partial charge in [0, 0.05) is 18.0 Å². The fourth-order valence-electron chi connectivity index (χ4n) is 3.02. The van der Waals surface area contributed by atoms with Gasteiger partial charge in [-0.3, -0.25) is 0 Å². The van der Waals surface area contributed by atoms with Crippen molar-refractivity contribution in [2.45, 2.75) is 0 Å². The number of hydrogen-bond donors (Lipinski definition) is 0. The predicted octanol–water partition coefficient (Wildman–Crippen LogP) is 4.67. The van der Waals surface area contributed by atoms with E-state index in [9.17, 15) is 0 Å². The Hall–Kier alpha value is -4.06. The van der Waals surface area contributed by atoms with Crippen LogP contribution in [0.15, 0.2) is 91.5 Å². The minimum Gasteiger partial charge on any atom is -0.457 e. The molecule has 0 aliphatic rings. The Labute approximate surface area is 161 Å². The van der Waals surface area contributed by atoms with E-state index in [1.165, 1.54) is 6.33 Å². The van der Waals surface area contributed by atoms with Gasteiger partial charge in [0.15, 0.2) is 11.5 Å². The second kappa shape index (κ2) is 6.92. The number of pyridine rings is 1. The van der Waals surface area contributed by atoms with E-state index in [4.69, 9.17) is 9.84 Å². The third-order valence-electron chi connectivity index (χ3n) is 4.32. The zero-order valence-electron chi connectivity index (χ0n) is 14.8. The minimum absolute atomic E-state index is 0.710. The van der Waals surface area contributed by atoms with Gasteiger partial charge >= 0.3 is 0 Å². The Balaban J connectivity index is 1.54. The predicted molar refractivity (Wildman–Crippen MR) is 106 cm³/mol. The van der Waals surface area contributed by atoms with Crippen molar-refractivity contribution in [3.63, 3.8) is 0 Å². The van der Waals surface area contributed by atoms with Crippen molar-refractivity contribution >= 4 is 11.0 Å². The Morgan fingerprint density at radius 3 is 2.32 bits per heavy atom. The SMILES string of the molecule is c1ccc(Oc2ccc(-c3nn(-c4ccccn4)c4ncncc34)cc2)cc1. The van der Waals surface area contributed by atoms with Gasteiger partial charge in [-0.25, -0.2) is 15.0 Å². The number of aromatic nitrogens is 5. The van der Waals surface area contributed by atoms with Gasteiger partial charge in [-0.05, 0) is 48.5 Å². The molecule has 5 rings (SSSR count). The highest BCUT2D eigenvalue weighted by Crippen LogP contribution is 2.30. The maximum atomic E-state index is 5.87. The van der Waals surface area contributed by atoms with Crippen LogP contribution in [0.3, 0.4) is 0 Å². The van der Waals surface area contributed by atoms with Crippen LogP contribution in [0, 0.1) is 0 Å². The number of rotatable bonds is 4. The summed E-state index contributed by atoms with van der Waals surface area (Å²) in [4.78, 5) is 13.0. The summed E-state index contributed by atoms with van der Waals surface area (Å²) < 4.78 is 7.61. The standard InChI is InChI=1S/C22H15N5O/c1-2-6-17(7-3-1)28-18-11-9-16(10-12-18)21-19-14-23-15-25-22(19)27(26-21)20-8-4-5-13-24-20/h1-15H. The van der Waals surface area contributed by atoms with E-state index in [-0.39, 0.29) is 0 Å². The van der Waals surface area contributed by atoms with E-state index < -0.39 is 0 Å². The maximum Gasteiger partial charge on any atom is 0.168 e. The molecule has 0 saturated heterocycles. The van der Waals surface area contributed by atoms with Crippen molar-refractivity contribution in [1.29, 1.82) is 0 Å². The van der Waals surface area contributed by atoms with E-state index in [1.54, 1.807) is 17.1 Å². The molecule has 134 valence electrons. The number of nitrogens with zero attached hydrogens (tertiary/aromatic N) is 5. The summed E-state index contributed by atoms with van der Waals surface area (Å²) >= 11 is 0. The van der Waals surface area contributed by atoms with Crippen LogP contribution in [0.25, 0.3) is 28.1 Å². The second-order valence-corrected chi connectivity index (χ2v) is 6.15. The van der Waals surface area contributed by atoms with Crippen molar-refractivity contribution in [3.8, 4) is 28.6 Å². The van der Waals surface area contributed by atoms with E-state index in [0.717, 1.165) is 28.1 Å². The number of fused-ring (bicyclic) bond motifs is 1. The fraction of sp³-hybridized carbons (Fsp3) is 0. The zero-order chi connectivity index (χ0) is 18.8.